The minimum absolute atomic E-state index is 0.145. The molecule has 22 heavy (non-hydrogen) atoms. The summed E-state index contributed by atoms with van der Waals surface area (Å²) in [5.74, 6) is 0. The van der Waals surface area contributed by atoms with Crippen LogP contribution in [0.15, 0.2) is 42.5 Å². The smallest absolute Gasteiger partial charge is 0.319 e. The van der Waals surface area contributed by atoms with Crippen molar-refractivity contribution >= 4 is 34.7 Å². The van der Waals surface area contributed by atoms with Crippen molar-refractivity contribution < 1.29 is 4.79 Å². The van der Waals surface area contributed by atoms with Gasteiger partial charge in [0.05, 0.1) is 0 Å². The van der Waals surface area contributed by atoms with Crippen LogP contribution in [0.2, 0.25) is 5.02 Å². The van der Waals surface area contributed by atoms with Gasteiger partial charge in [0.2, 0.25) is 0 Å². The summed E-state index contributed by atoms with van der Waals surface area (Å²) in [6, 6.07) is 13.6. The zero-order valence-electron chi connectivity index (χ0n) is 12.3. The van der Waals surface area contributed by atoms with Gasteiger partial charge in [-0.25, -0.2) is 4.79 Å². The summed E-state index contributed by atoms with van der Waals surface area (Å²) >= 11 is 6.11. The Morgan fingerprint density at radius 2 is 1.68 bits per heavy atom. The van der Waals surface area contributed by atoms with Crippen molar-refractivity contribution in [2.24, 2.45) is 0 Å². The lowest BCUT2D eigenvalue weighted by molar-refractivity contribution is 0.251. The van der Waals surface area contributed by atoms with Crippen molar-refractivity contribution in [1.29, 1.82) is 0 Å². The molecule has 0 aromatic heterocycles. The average molecular weight is 316 g/mol. The van der Waals surface area contributed by atoms with Gasteiger partial charge in [-0.15, -0.1) is 0 Å². The van der Waals surface area contributed by atoms with Crippen LogP contribution in [0.4, 0.5) is 21.9 Å². The molecule has 0 heterocycles. The van der Waals surface area contributed by atoms with Gasteiger partial charge in [0.15, 0.2) is 0 Å². The van der Waals surface area contributed by atoms with Gasteiger partial charge in [0.25, 0.3) is 0 Å². The van der Waals surface area contributed by atoms with Crippen LogP contribution in [0.5, 0.6) is 0 Å². The van der Waals surface area contributed by atoms with Crippen molar-refractivity contribution in [1.82, 2.24) is 5.32 Å². The predicted octanol–water partition coefficient (Wildman–Crippen LogP) is 4.68. The molecule has 1 fully saturated rings. The van der Waals surface area contributed by atoms with Crippen LogP contribution in [0, 0.1) is 6.92 Å². The second-order valence-corrected chi connectivity index (χ2v) is 5.95. The maximum atomic E-state index is 11.7. The van der Waals surface area contributed by atoms with E-state index in [2.05, 4.69) is 16.0 Å². The minimum Gasteiger partial charge on any atom is -0.355 e. The van der Waals surface area contributed by atoms with Crippen LogP contribution in [-0.4, -0.2) is 12.1 Å². The molecule has 0 spiro atoms. The van der Waals surface area contributed by atoms with Gasteiger partial charge in [-0.2, -0.15) is 0 Å². The number of nitrogens with one attached hydrogen (secondary N) is 3. The van der Waals surface area contributed by atoms with Gasteiger partial charge in [-0.05, 0) is 61.7 Å². The Morgan fingerprint density at radius 3 is 2.32 bits per heavy atom. The van der Waals surface area contributed by atoms with E-state index in [0.717, 1.165) is 40.5 Å². The van der Waals surface area contributed by atoms with Crippen molar-refractivity contribution in [3.05, 3.63) is 53.1 Å². The highest BCUT2D eigenvalue weighted by atomic mass is 35.5. The van der Waals surface area contributed by atoms with Crippen LogP contribution in [-0.2, 0) is 0 Å². The maximum Gasteiger partial charge on any atom is 0.319 e. The average Bonchev–Trinajstić information content (AvgIpc) is 3.29. The molecule has 0 unspecified atom stereocenters. The fourth-order valence-electron chi connectivity index (χ4n) is 2.05. The molecule has 2 aromatic carbocycles. The van der Waals surface area contributed by atoms with Gasteiger partial charge in [0, 0.05) is 28.1 Å². The van der Waals surface area contributed by atoms with Crippen molar-refractivity contribution in [2.75, 3.05) is 10.6 Å². The first-order chi connectivity index (χ1) is 10.6. The number of hydrogen-bond donors (Lipinski definition) is 3. The van der Waals surface area contributed by atoms with E-state index < -0.39 is 0 Å². The van der Waals surface area contributed by atoms with Crippen LogP contribution in [0.3, 0.4) is 0 Å². The summed E-state index contributed by atoms with van der Waals surface area (Å²) in [6.07, 6.45) is 2.16. The Bertz CT molecular complexity index is 681. The van der Waals surface area contributed by atoms with E-state index >= 15 is 0 Å². The van der Waals surface area contributed by atoms with Crippen molar-refractivity contribution in [3.8, 4) is 0 Å². The van der Waals surface area contributed by atoms with Crippen LogP contribution in [0.25, 0.3) is 0 Å². The van der Waals surface area contributed by atoms with E-state index in [1.807, 2.05) is 49.4 Å². The fraction of sp³-hybridized carbons (Fsp3) is 0.235. The first kappa shape index (κ1) is 14.7. The molecule has 3 N–H and O–H groups in total. The SMILES string of the molecule is Cc1ccc(Nc2ccc(NC(=O)NC3CC3)cc2)cc1Cl. The lowest BCUT2D eigenvalue weighted by atomic mass is 10.2. The molecule has 0 saturated heterocycles. The topological polar surface area (TPSA) is 53.2 Å². The third kappa shape index (κ3) is 3.92. The second kappa shape index (κ2) is 6.28. The van der Waals surface area contributed by atoms with E-state index in [-0.39, 0.29) is 6.03 Å². The van der Waals surface area contributed by atoms with Gasteiger partial charge >= 0.3 is 6.03 Å². The minimum atomic E-state index is -0.145. The summed E-state index contributed by atoms with van der Waals surface area (Å²) in [5.41, 5.74) is 3.69. The summed E-state index contributed by atoms with van der Waals surface area (Å²) < 4.78 is 0. The molecule has 0 radical (unpaired) electrons. The first-order valence-corrected chi connectivity index (χ1v) is 7.69. The summed E-state index contributed by atoms with van der Waals surface area (Å²) in [6.45, 7) is 1.97. The molecule has 1 aliphatic rings. The Kier molecular flexibility index (Phi) is 4.20. The molecule has 0 aliphatic heterocycles. The van der Waals surface area contributed by atoms with E-state index in [4.69, 9.17) is 11.6 Å². The highest BCUT2D eigenvalue weighted by Crippen LogP contribution is 2.24. The highest BCUT2D eigenvalue weighted by Gasteiger charge is 2.23. The number of carbonyl (C=O) groups is 1. The molecule has 4 nitrogen and oxygen atoms in total. The third-order valence-corrected chi connectivity index (χ3v) is 3.92. The summed E-state index contributed by atoms with van der Waals surface area (Å²) in [7, 11) is 0. The molecule has 1 aliphatic carbocycles. The molecular weight excluding hydrogens is 298 g/mol. The molecule has 5 heteroatoms. The standard InChI is InChI=1S/C17H18ClN3O/c1-11-2-3-15(10-16(11)18)19-12-4-6-13(7-5-12)20-17(22)21-14-8-9-14/h2-7,10,14,19H,8-9H2,1H3,(H2,20,21,22). The van der Waals surface area contributed by atoms with Crippen molar-refractivity contribution in [3.63, 3.8) is 0 Å². The van der Waals surface area contributed by atoms with Gasteiger partial charge in [0.1, 0.15) is 0 Å². The van der Waals surface area contributed by atoms with Crippen LogP contribution < -0.4 is 16.0 Å². The first-order valence-electron chi connectivity index (χ1n) is 7.31. The van der Waals surface area contributed by atoms with E-state index in [1.54, 1.807) is 0 Å². The summed E-state index contributed by atoms with van der Waals surface area (Å²) in [4.78, 5) is 11.7. The number of aryl methyl sites for hydroxylation is 1. The van der Waals surface area contributed by atoms with E-state index in [9.17, 15) is 4.79 Å². The quantitative estimate of drug-likeness (QED) is 0.767. The molecular formula is C17H18ClN3O. The van der Waals surface area contributed by atoms with E-state index in [0.29, 0.717) is 6.04 Å². The number of halogens is 1. The highest BCUT2D eigenvalue weighted by molar-refractivity contribution is 6.31. The van der Waals surface area contributed by atoms with Crippen molar-refractivity contribution in [2.45, 2.75) is 25.8 Å². The number of amides is 2. The van der Waals surface area contributed by atoms with Gasteiger partial charge in [-0.1, -0.05) is 17.7 Å². The molecule has 0 bridgehead atoms. The zero-order chi connectivity index (χ0) is 15.5. The Labute approximate surface area is 134 Å². The maximum absolute atomic E-state index is 11.7. The molecule has 3 rings (SSSR count). The van der Waals surface area contributed by atoms with Gasteiger partial charge in [-0.3, -0.25) is 0 Å². The molecule has 0 atom stereocenters. The normalized spacial score (nSPS) is 13.5. The predicted molar refractivity (Wildman–Crippen MR) is 91.1 cm³/mol. The molecule has 2 aromatic rings. The monoisotopic (exact) mass is 315 g/mol. The zero-order valence-corrected chi connectivity index (χ0v) is 13.1. The number of rotatable bonds is 4. The Balaban J connectivity index is 1.60. The van der Waals surface area contributed by atoms with Crippen LogP contribution in [0.1, 0.15) is 18.4 Å². The fourth-order valence-corrected chi connectivity index (χ4v) is 2.23. The number of benzene rings is 2. The van der Waals surface area contributed by atoms with E-state index in [1.165, 1.54) is 0 Å². The lowest BCUT2D eigenvalue weighted by Crippen LogP contribution is -2.30. The lowest BCUT2D eigenvalue weighted by Gasteiger charge is -2.10. The number of hydrogen-bond acceptors (Lipinski definition) is 2. The molecule has 2 amide bonds. The largest absolute Gasteiger partial charge is 0.355 e. The second-order valence-electron chi connectivity index (χ2n) is 5.54. The van der Waals surface area contributed by atoms with Crippen LogP contribution >= 0.6 is 11.6 Å². The Hall–Kier alpha value is -2.20. The number of anilines is 3. The van der Waals surface area contributed by atoms with Gasteiger partial charge < -0.3 is 16.0 Å². The Morgan fingerprint density at radius 1 is 1.05 bits per heavy atom. The number of urea groups is 1. The number of carbonyl (C=O) groups excluding carboxylic acids is 1. The molecule has 114 valence electrons. The summed E-state index contributed by atoms with van der Waals surface area (Å²) in [5, 5.41) is 9.73. The molecule has 1 saturated carbocycles. The third-order valence-electron chi connectivity index (χ3n) is 3.52.